The van der Waals surface area contributed by atoms with Gasteiger partial charge in [0, 0.05) is 38.3 Å². The molecule has 0 radical (unpaired) electrons. The van der Waals surface area contributed by atoms with Crippen molar-refractivity contribution < 1.29 is 8.42 Å². The van der Waals surface area contributed by atoms with Gasteiger partial charge in [-0.1, -0.05) is 12.1 Å². The van der Waals surface area contributed by atoms with E-state index < -0.39 is 9.84 Å². The van der Waals surface area contributed by atoms with E-state index in [0.29, 0.717) is 11.4 Å². The Kier molecular flexibility index (Phi) is 9.63. The molecule has 1 heterocycles. The van der Waals surface area contributed by atoms with Gasteiger partial charge in [-0.25, -0.2) is 13.4 Å². The molecule has 0 unspecified atom stereocenters. The third-order valence-electron chi connectivity index (χ3n) is 3.53. The van der Waals surface area contributed by atoms with Crippen LogP contribution in [0, 0.1) is 0 Å². The first-order chi connectivity index (χ1) is 12.0. The van der Waals surface area contributed by atoms with Crippen molar-refractivity contribution in [2.24, 2.45) is 4.99 Å². The summed E-state index contributed by atoms with van der Waals surface area (Å²) in [7, 11) is -3.16. The number of benzene rings is 1. The van der Waals surface area contributed by atoms with Crippen molar-refractivity contribution >= 4 is 39.8 Å². The molecule has 7 nitrogen and oxygen atoms in total. The SMILES string of the molecule is CCNC(=NCc1ccc(S(C)(=O)=O)cc1)NCCCn1cccn1.I. The van der Waals surface area contributed by atoms with Crippen molar-refractivity contribution in [2.45, 2.75) is 31.3 Å². The summed E-state index contributed by atoms with van der Waals surface area (Å²) in [5, 5.41) is 10.7. The van der Waals surface area contributed by atoms with Crippen LogP contribution in [0.25, 0.3) is 0 Å². The maximum absolute atomic E-state index is 11.5. The summed E-state index contributed by atoms with van der Waals surface area (Å²) in [6.45, 7) is 4.92. The van der Waals surface area contributed by atoms with Gasteiger partial charge in [0.25, 0.3) is 0 Å². The number of aryl methyl sites for hydroxylation is 1. The van der Waals surface area contributed by atoms with Crippen molar-refractivity contribution in [3.63, 3.8) is 0 Å². The van der Waals surface area contributed by atoms with E-state index in [1.807, 2.05) is 23.9 Å². The topological polar surface area (TPSA) is 88.4 Å². The van der Waals surface area contributed by atoms with Crippen molar-refractivity contribution in [1.29, 1.82) is 0 Å². The number of sulfone groups is 1. The second kappa shape index (κ2) is 11.2. The smallest absolute Gasteiger partial charge is 0.191 e. The fraction of sp³-hybridized carbons (Fsp3) is 0.412. The minimum Gasteiger partial charge on any atom is -0.357 e. The third-order valence-corrected chi connectivity index (χ3v) is 4.66. The molecule has 1 aromatic heterocycles. The van der Waals surface area contributed by atoms with Crippen LogP contribution in [-0.2, 0) is 22.9 Å². The molecule has 0 bridgehead atoms. The molecule has 0 aliphatic carbocycles. The number of rotatable bonds is 8. The number of aliphatic imine (C=N–C) groups is 1. The van der Waals surface area contributed by atoms with E-state index in [4.69, 9.17) is 0 Å². The average Bonchev–Trinajstić information content (AvgIpc) is 3.09. The summed E-state index contributed by atoms with van der Waals surface area (Å²) in [6, 6.07) is 8.73. The Hall–Kier alpha value is -1.62. The Balaban J connectivity index is 0.00000338. The van der Waals surface area contributed by atoms with Gasteiger partial charge < -0.3 is 10.6 Å². The Morgan fingerprint density at radius 2 is 1.96 bits per heavy atom. The number of halogens is 1. The van der Waals surface area contributed by atoms with Gasteiger partial charge in [-0.15, -0.1) is 24.0 Å². The number of hydrogen-bond donors (Lipinski definition) is 2. The van der Waals surface area contributed by atoms with Crippen molar-refractivity contribution in [3.8, 4) is 0 Å². The van der Waals surface area contributed by atoms with Crippen LogP contribution in [-0.4, -0.2) is 43.5 Å². The van der Waals surface area contributed by atoms with Gasteiger partial charge in [-0.2, -0.15) is 5.10 Å². The molecule has 0 amide bonds. The van der Waals surface area contributed by atoms with Crippen molar-refractivity contribution in [2.75, 3.05) is 19.3 Å². The second-order valence-electron chi connectivity index (χ2n) is 5.66. The van der Waals surface area contributed by atoms with Crippen LogP contribution in [0.15, 0.2) is 52.6 Å². The van der Waals surface area contributed by atoms with Crippen LogP contribution in [0.4, 0.5) is 0 Å². The number of nitrogens with zero attached hydrogens (tertiary/aromatic N) is 3. The monoisotopic (exact) mass is 491 g/mol. The highest BCUT2D eigenvalue weighted by molar-refractivity contribution is 14.0. The lowest BCUT2D eigenvalue weighted by atomic mass is 10.2. The molecule has 2 rings (SSSR count). The van der Waals surface area contributed by atoms with E-state index >= 15 is 0 Å². The first-order valence-corrected chi connectivity index (χ1v) is 10.2. The highest BCUT2D eigenvalue weighted by Gasteiger charge is 2.06. The van der Waals surface area contributed by atoms with E-state index in [1.54, 1.807) is 30.5 Å². The van der Waals surface area contributed by atoms with E-state index in [9.17, 15) is 8.42 Å². The fourth-order valence-electron chi connectivity index (χ4n) is 2.23. The molecular weight excluding hydrogens is 465 g/mol. The number of guanidine groups is 1. The molecule has 0 spiro atoms. The minimum atomic E-state index is -3.16. The Labute approximate surface area is 172 Å². The summed E-state index contributed by atoms with van der Waals surface area (Å²) < 4.78 is 24.8. The van der Waals surface area contributed by atoms with Crippen molar-refractivity contribution in [3.05, 3.63) is 48.3 Å². The van der Waals surface area contributed by atoms with Gasteiger partial charge in [0.2, 0.25) is 0 Å². The highest BCUT2D eigenvalue weighted by atomic mass is 127. The zero-order valence-electron chi connectivity index (χ0n) is 15.1. The lowest BCUT2D eigenvalue weighted by molar-refractivity contribution is 0.570. The molecule has 0 fully saturated rings. The summed E-state index contributed by atoms with van der Waals surface area (Å²) >= 11 is 0. The molecule has 0 atom stereocenters. The van der Waals surface area contributed by atoms with Gasteiger partial charge in [-0.3, -0.25) is 4.68 Å². The molecular formula is C17H26IN5O2S. The standard InChI is InChI=1S/C17H25N5O2S.HI/c1-3-18-17(19-10-4-12-22-13-5-11-21-22)20-14-15-6-8-16(9-7-15)25(2,23)24;/h5-9,11,13H,3-4,10,12,14H2,1-2H3,(H2,18,19,20);1H. The van der Waals surface area contributed by atoms with E-state index in [-0.39, 0.29) is 24.0 Å². The van der Waals surface area contributed by atoms with Gasteiger partial charge in [0.05, 0.1) is 11.4 Å². The Morgan fingerprint density at radius 3 is 2.54 bits per heavy atom. The van der Waals surface area contributed by atoms with E-state index in [0.717, 1.165) is 37.6 Å². The normalized spacial score (nSPS) is 11.7. The summed E-state index contributed by atoms with van der Waals surface area (Å²) in [6.07, 6.45) is 5.86. The largest absolute Gasteiger partial charge is 0.357 e. The number of aromatic nitrogens is 2. The molecule has 144 valence electrons. The lowest BCUT2D eigenvalue weighted by Gasteiger charge is -2.11. The average molecular weight is 491 g/mol. The third kappa shape index (κ3) is 7.73. The fourth-order valence-corrected chi connectivity index (χ4v) is 2.87. The van der Waals surface area contributed by atoms with Crippen LogP contribution < -0.4 is 10.6 Å². The molecule has 0 aliphatic heterocycles. The first-order valence-electron chi connectivity index (χ1n) is 8.27. The molecule has 26 heavy (non-hydrogen) atoms. The molecule has 0 saturated heterocycles. The predicted octanol–water partition coefficient (Wildman–Crippen LogP) is 2.05. The quantitative estimate of drug-likeness (QED) is 0.256. The first kappa shape index (κ1) is 22.4. The van der Waals surface area contributed by atoms with Gasteiger partial charge in [0.1, 0.15) is 0 Å². The van der Waals surface area contributed by atoms with Gasteiger partial charge in [-0.05, 0) is 37.1 Å². The molecule has 0 saturated carbocycles. The van der Waals surface area contributed by atoms with Crippen LogP contribution in [0.5, 0.6) is 0 Å². The zero-order valence-corrected chi connectivity index (χ0v) is 18.2. The summed E-state index contributed by atoms with van der Waals surface area (Å²) in [5.74, 6) is 0.746. The minimum absolute atomic E-state index is 0. The van der Waals surface area contributed by atoms with Gasteiger partial charge in [0.15, 0.2) is 15.8 Å². The maximum atomic E-state index is 11.5. The van der Waals surface area contributed by atoms with Crippen LogP contribution in [0.2, 0.25) is 0 Å². The molecule has 1 aromatic carbocycles. The number of nitrogens with one attached hydrogen (secondary N) is 2. The number of hydrogen-bond acceptors (Lipinski definition) is 4. The lowest BCUT2D eigenvalue weighted by Crippen LogP contribution is -2.38. The van der Waals surface area contributed by atoms with E-state index in [1.165, 1.54) is 6.26 Å². The van der Waals surface area contributed by atoms with Crippen LogP contribution >= 0.6 is 24.0 Å². The van der Waals surface area contributed by atoms with Crippen LogP contribution in [0.1, 0.15) is 18.9 Å². The second-order valence-corrected chi connectivity index (χ2v) is 7.68. The van der Waals surface area contributed by atoms with Crippen LogP contribution in [0.3, 0.4) is 0 Å². The summed E-state index contributed by atoms with van der Waals surface area (Å²) in [5.41, 5.74) is 0.959. The Bertz CT molecular complexity index is 774. The van der Waals surface area contributed by atoms with Crippen molar-refractivity contribution in [1.82, 2.24) is 20.4 Å². The molecule has 2 N–H and O–H groups in total. The molecule has 2 aromatic rings. The van der Waals surface area contributed by atoms with E-state index in [2.05, 4.69) is 20.7 Å². The predicted molar refractivity (Wildman–Crippen MR) is 115 cm³/mol. The summed E-state index contributed by atoms with van der Waals surface area (Å²) in [4.78, 5) is 4.86. The Morgan fingerprint density at radius 1 is 1.23 bits per heavy atom. The molecule has 9 heteroatoms. The van der Waals surface area contributed by atoms with Gasteiger partial charge >= 0.3 is 0 Å². The maximum Gasteiger partial charge on any atom is 0.191 e. The highest BCUT2D eigenvalue weighted by Crippen LogP contribution is 2.10. The zero-order chi connectivity index (χ0) is 18.1. The molecule has 0 aliphatic rings.